The van der Waals surface area contributed by atoms with Crippen LogP contribution < -0.4 is 14.8 Å². The second kappa shape index (κ2) is 8.58. The minimum atomic E-state index is -0.587. The van der Waals surface area contributed by atoms with E-state index in [0.29, 0.717) is 18.9 Å². The SMILES string of the molecule is Cc1cccc(OCCNC(=O)[C@H](C)Oc2cccc3ccccc23)c1C. The first kappa shape index (κ1) is 18.8. The summed E-state index contributed by atoms with van der Waals surface area (Å²) in [5.74, 6) is 1.40. The van der Waals surface area contributed by atoms with E-state index in [2.05, 4.69) is 18.3 Å². The summed E-state index contributed by atoms with van der Waals surface area (Å²) in [7, 11) is 0. The van der Waals surface area contributed by atoms with Crippen molar-refractivity contribution in [2.24, 2.45) is 0 Å². The minimum Gasteiger partial charge on any atom is -0.491 e. The van der Waals surface area contributed by atoms with Crippen molar-refractivity contribution >= 4 is 16.7 Å². The van der Waals surface area contributed by atoms with Crippen molar-refractivity contribution in [3.05, 3.63) is 71.8 Å². The molecule has 140 valence electrons. The molecule has 0 heterocycles. The lowest BCUT2D eigenvalue weighted by atomic mass is 10.1. The summed E-state index contributed by atoms with van der Waals surface area (Å²) in [6, 6.07) is 19.8. The predicted octanol–water partition coefficient (Wildman–Crippen LogP) is 4.42. The number of rotatable bonds is 7. The van der Waals surface area contributed by atoms with Gasteiger partial charge in [-0.05, 0) is 49.4 Å². The smallest absolute Gasteiger partial charge is 0.260 e. The molecule has 3 rings (SSSR count). The van der Waals surface area contributed by atoms with Gasteiger partial charge in [-0.3, -0.25) is 4.79 Å². The molecular formula is C23H25NO3. The molecule has 0 aromatic heterocycles. The van der Waals surface area contributed by atoms with Gasteiger partial charge in [-0.2, -0.15) is 0 Å². The molecule has 27 heavy (non-hydrogen) atoms. The van der Waals surface area contributed by atoms with Gasteiger partial charge in [0.05, 0.1) is 6.54 Å². The molecule has 0 aliphatic rings. The van der Waals surface area contributed by atoms with Gasteiger partial charge in [0.25, 0.3) is 5.91 Å². The number of amides is 1. The monoisotopic (exact) mass is 363 g/mol. The van der Waals surface area contributed by atoms with E-state index in [0.717, 1.165) is 22.1 Å². The van der Waals surface area contributed by atoms with Crippen LogP contribution >= 0.6 is 0 Å². The number of hydrogen-bond donors (Lipinski definition) is 1. The first-order valence-electron chi connectivity index (χ1n) is 9.17. The third-order valence-electron chi connectivity index (χ3n) is 4.64. The molecule has 0 bridgehead atoms. The van der Waals surface area contributed by atoms with Crippen LogP contribution in [-0.2, 0) is 4.79 Å². The molecule has 4 heteroatoms. The Kier molecular flexibility index (Phi) is 5.97. The maximum Gasteiger partial charge on any atom is 0.260 e. The molecule has 1 amide bonds. The Morgan fingerprint density at radius 2 is 1.67 bits per heavy atom. The zero-order valence-electron chi connectivity index (χ0n) is 16.0. The first-order valence-corrected chi connectivity index (χ1v) is 9.17. The fourth-order valence-electron chi connectivity index (χ4n) is 2.90. The number of aryl methyl sites for hydroxylation is 1. The maximum absolute atomic E-state index is 12.3. The molecule has 0 spiro atoms. The standard InChI is InChI=1S/C23H25NO3/c1-16-8-6-12-21(17(16)2)26-15-14-24-23(25)18(3)27-22-13-7-10-19-9-4-5-11-20(19)22/h4-13,18H,14-15H2,1-3H3,(H,24,25)/t18-/m0/s1. The van der Waals surface area contributed by atoms with Crippen LogP contribution in [0.15, 0.2) is 60.7 Å². The molecule has 0 fully saturated rings. The van der Waals surface area contributed by atoms with Gasteiger partial charge >= 0.3 is 0 Å². The maximum atomic E-state index is 12.3. The van der Waals surface area contributed by atoms with Crippen LogP contribution in [0, 0.1) is 13.8 Å². The average Bonchev–Trinajstić information content (AvgIpc) is 2.68. The van der Waals surface area contributed by atoms with Gasteiger partial charge < -0.3 is 14.8 Å². The van der Waals surface area contributed by atoms with Crippen LogP contribution in [0.5, 0.6) is 11.5 Å². The van der Waals surface area contributed by atoms with Gasteiger partial charge in [0.2, 0.25) is 0 Å². The summed E-state index contributed by atoms with van der Waals surface area (Å²) in [4.78, 5) is 12.3. The van der Waals surface area contributed by atoms with E-state index in [1.165, 1.54) is 5.56 Å². The van der Waals surface area contributed by atoms with Gasteiger partial charge in [0.1, 0.15) is 18.1 Å². The molecule has 0 saturated heterocycles. The molecule has 1 atom stereocenters. The van der Waals surface area contributed by atoms with Crippen LogP contribution in [0.2, 0.25) is 0 Å². The zero-order valence-corrected chi connectivity index (χ0v) is 16.0. The van der Waals surface area contributed by atoms with Gasteiger partial charge in [0, 0.05) is 5.39 Å². The van der Waals surface area contributed by atoms with Crippen LogP contribution in [0.4, 0.5) is 0 Å². The van der Waals surface area contributed by atoms with Crippen molar-refractivity contribution in [2.45, 2.75) is 26.9 Å². The van der Waals surface area contributed by atoms with Crippen LogP contribution in [0.1, 0.15) is 18.1 Å². The topological polar surface area (TPSA) is 47.6 Å². The second-order valence-electron chi connectivity index (χ2n) is 6.57. The van der Waals surface area contributed by atoms with E-state index in [9.17, 15) is 4.79 Å². The number of nitrogens with one attached hydrogen (secondary N) is 1. The lowest BCUT2D eigenvalue weighted by Gasteiger charge is -2.16. The molecule has 0 aliphatic heterocycles. The van der Waals surface area contributed by atoms with E-state index in [1.807, 2.05) is 61.5 Å². The number of carbonyl (C=O) groups is 1. The van der Waals surface area contributed by atoms with Crippen molar-refractivity contribution in [2.75, 3.05) is 13.2 Å². The number of hydrogen-bond acceptors (Lipinski definition) is 3. The van der Waals surface area contributed by atoms with Crippen molar-refractivity contribution < 1.29 is 14.3 Å². The summed E-state index contributed by atoms with van der Waals surface area (Å²) in [5.41, 5.74) is 2.31. The Labute approximate surface area is 160 Å². The summed E-state index contributed by atoms with van der Waals surface area (Å²) in [5, 5.41) is 4.95. The summed E-state index contributed by atoms with van der Waals surface area (Å²) in [6.45, 7) is 6.68. The number of fused-ring (bicyclic) bond motifs is 1. The fourth-order valence-corrected chi connectivity index (χ4v) is 2.90. The highest BCUT2D eigenvalue weighted by atomic mass is 16.5. The van der Waals surface area contributed by atoms with Gasteiger partial charge in [-0.1, -0.05) is 48.5 Å². The normalized spacial score (nSPS) is 11.8. The Hall–Kier alpha value is -3.01. The van der Waals surface area contributed by atoms with Crippen LogP contribution in [0.25, 0.3) is 10.8 Å². The zero-order chi connectivity index (χ0) is 19.2. The predicted molar refractivity (Wildman–Crippen MR) is 108 cm³/mol. The van der Waals surface area contributed by atoms with Gasteiger partial charge in [-0.25, -0.2) is 0 Å². The highest BCUT2D eigenvalue weighted by molar-refractivity contribution is 5.89. The largest absolute Gasteiger partial charge is 0.491 e. The molecule has 3 aromatic carbocycles. The van der Waals surface area contributed by atoms with E-state index in [-0.39, 0.29) is 5.91 Å². The van der Waals surface area contributed by atoms with Crippen molar-refractivity contribution in [1.82, 2.24) is 5.32 Å². The van der Waals surface area contributed by atoms with E-state index >= 15 is 0 Å². The van der Waals surface area contributed by atoms with Crippen LogP contribution in [0.3, 0.4) is 0 Å². The summed E-state index contributed by atoms with van der Waals surface area (Å²) < 4.78 is 11.7. The molecule has 1 N–H and O–H groups in total. The van der Waals surface area contributed by atoms with Crippen LogP contribution in [-0.4, -0.2) is 25.2 Å². The Balaban J connectivity index is 1.51. The summed E-state index contributed by atoms with van der Waals surface area (Å²) in [6.07, 6.45) is -0.587. The molecule has 0 saturated carbocycles. The first-order chi connectivity index (χ1) is 13.1. The van der Waals surface area contributed by atoms with Gasteiger partial charge in [0.15, 0.2) is 6.10 Å². The van der Waals surface area contributed by atoms with Crippen molar-refractivity contribution in [1.29, 1.82) is 0 Å². The number of benzene rings is 3. The fraction of sp³-hybridized carbons (Fsp3) is 0.261. The average molecular weight is 363 g/mol. The second-order valence-corrected chi connectivity index (χ2v) is 6.57. The molecule has 0 unspecified atom stereocenters. The Morgan fingerprint density at radius 1 is 0.963 bits per heavy atom. The molecule has 0 radical (unpaired) electrons. The van der Waals surface area contributed by atoms with Crippen molar-refractivity contribution in [3.8, 4) is 11.5 Å². The molecular weight excluding hydrogens is 338 g/mol. The highest BCUT2D eigenvalue weighted by Crippen LogP contribution is 2.26. The Bertz CT molecular complexity index is 931. The summed E-state index contributed by atoms with van der Waals surface area (Å²) >= 11 is 0. The molecule has 3 aromatic rings. The molecule has 4 nitrogen and oxygen atoms in total. The number of carbonyl (C=O) groups excluding carboxylic acids is 1. The van der Waals surface area contributed by atoms with E-state index in [4.69, 9.17) is 9.47 Å². The Morgan fingerprint density at radius 3 is 2.52 bits per heavy atom. The third-order valence-corrected chi connectivity index (χ3v) is 4.64. The molecule has 0 aliphatic carbocycles. The van der Waals surface area contributed by atoms with E-state index in [1.54, 1.807) is 6.92 Å². The lowest BCUT2D eigenvalue weighted by Crippen LogP contribution is -2.38. The quantitative estimate of drug-likeness (QED) is 0.632. The highest BCUT2D eigenvalue weighted by Gasteiger charge is 2.15. The van der Waals surface area contributed by atoms with Crippen molar-refractivity contribution in [3.63, 3.8) is 0 Å². The minimum absolute atomic E-state index is 0.160. The van der Waals surface area contributed by atoms with E-state index < -0.39 is 6.10 Å². The lowest BCUT2D eigenvalue weighted by molar-refractivity contribution is -0.127. The van der Waals surface area contributed by atoms with Gasteiger partial charge in [-0.15, -0.1) is 0 Å². The third kappa shape index (κ3) is 4.59. The number of ether oxygens (including phenoxy) is 2.